The van der Waals surface area contributed by atoms with Crippen LogP contribution in [0.25, 0.3) is 0 Å². The fourth-order valence-electron chi connectivity index (χ4n) is 2.12. The van der Waals surface area contributed by atoms with Crippen molar-refractivity contribution in [2.75, 3.05) is 7.11 Å². The van der Waals surface area contributed by atoms with Crippen LogP contribution in [0.15, 0.2) is 24.3 Å². The average Bonchev–Trinajstić information content (AvgIpc) is 2.49. The quantitative estimate of drug-likeness (QED) is 0.811. The van der Waals surface area contributed by atoms with Crippen molar-refractivity contribution >= 4 is 12.1 Å². The van der Waals surface area contributed by atoms with E-state index in [9.17, 15) is 9.59 Å². The Morgan fingerprint density at radius 1 is 1.17 bits per heavy atom. The number of methoxy groups -OCH3 is 1. The lowest BCUT2D eigenvalue weighted by Gasteiger charge is -2.23. The average molecular weight is 321 g/mol. The number of carbonyl (C=O) groups is 2. The van der Waals surface area contributed by atoms with Crippen LogP contribution >= 0.6 is 0 Å². The Labute approximate surface area is 138 Å². The summed E-state index contributed by atoms with van der Waals surface area (Å²) in [7, 11) is 1.37. The van der Waals surface area contributed by atoms with E-state index < -0.39 is 5.60 Å². The normalized spacial score (nSPS) is 12.4. The van der Waals surface area contributed by atoms with Gasteiger partial charge in [0.15, 0.2) is 0 Å². The maximum Gasteiger partial charge on any atom is 0.407 e. The number of hydrogen-bond acceptors (Lipinski definition) is 4. The van der Waals surface area contributed by atoms with Gasteiger partial charge in [-0.25, -0.2) is 9.59 Å². The Hall–Kier alpha value is -2.04. The first kappa shape index (κ1) is 19.0. The molecule has 1 rings (SSSR count). The van der Waals surface area contributed by atoms with Gasteiger partial charge >= 0.3 is 12.1 Å². The van der Waals surface area contributed by atoms with Gasteiger partial charge in [0.2, 0.25) is 0 Å². The summed E-state index contributed by atoms with van der Waals surface area (Å²) < 4.78 is 9.95. The third kappa shape index (κ3) is 7.17. The minimum absolute atomic E-state index is 0.0603. The molecule has 1 atom stereocenters. The van der Waals surface area contributed by atoms with Crippen LogP contribution in [0, 0.1) is 0 Å². The summed E-state index contributed by atoms with van der Waals surface area (Å²) in [6.45, 7) is 7.56. The molecule has 23 heavy (non-hydrogen) atoms. The second-order valence-electron chi connectivity index (χ2n) is 6.48. The molecule has 5 nitrogen and oxygen atoms in total. The molecule has 5 heteroatoms. The number of rotatable bonds is 6. The first-order chi connectivity index (χ1) is 10.7. The lowest BCUT2D eigenvalue weighted by molar-refractivity contribution is 0.0499. The van der Waals surface area contributed by atoms with Gasteiger partial charge in [0, 0.05) is 6.04 Å². The zero-order valence-electron chi connectivity index (χ0n) is 14.6. The summed E-state index contributed by atoms with van der Waals surface area (Å²) >= 11 is 0. The summed E-state index contributed by atoms with van der Waals surface area (Å²) in [6.07, 6.45) is 2.08. The molecular weight excluding hydrogens is 294 g/mol. The second-order valence-corrected chi connectivity index (χ2v) is 6.48. The van der Waals surface area contributed by atoms with Crippen LogP contribution in [0.3, 0.4) is 0 Å². The molecule has 0 radical (unpaired) electrons. The minimum atomic E-state index is -0.494. The van der Waals surface area contributed by atoms with Gasteiger partial charge in [-0.3, -0.25) is 0 Å². The van der Waals surface area contributed by atoms with Gasteiger partial charge in [-0.2, -0.15) is 0 Å². The van der Waals surface area contributed by atoms with Crippen molar-refractivity contribution in [3.05, 3.63) is 35.4 Å². The summed E-state index contributed by atoms with van der Waals surface area (Å²) in [5.74, 6) is -0.338. The van der Waals surface area contributed by atoms with Crippen LogP contribution in [0.2, 0.25) is 0 Å². The standard InChI is InChI=1S/C18H27NO4/c1-6-15(19-17(21)23-18(2,3)4)12-9-13-7-10-14(11-8-13)16(20)22-5/h7-8,10-11,15H,6,9,12H2,1-5H3,(H,19,21). The van der Waals surface area contributed by atoms with E-state index in [-0.39, 0.29) is 18.1 Å². The van der Waals surface area contributed by atoms with Crippen molar-refractivity contribution in [3.63, 3.8) is 0 Å². The Morgan fingerprint density at radius 2 is 1.78 bits per heavy atom. The summed E-state index contributed by atoms with van der Waals surface area (Å²) in [6, 6.07) is 7.39. The lowest BCUT2D eigenvalue weighted by Crippen LogP contribution is -2.39. The zero-order valence-corrected chi connectivity index (χ0v) is 14.6. The third-order valence-electron chi connectivity index (χ3n) is 3.37. The van der Waals surface area contributed by atoms with Gasteiger partial charge < -0.3 is 14.8 Å². The Morgan fingerprint density at radius 3 is 2.26 bits per heavy atom. The van der Waals surface area contributed by atoms with E-state index in [0.29, 0.717) is 5.56 Å². The van der Waals surface area contributed by atoms with Crippen molar-refractivity contribution in [2.45, 2.75) is 58.6 Å². The van der Waals surface area contributed by atoms with Crippen LogP contribution < -0.4 is 5.32 Å². The SMILES string of the molecule is CCC(CCc1ccc(C(=O)OC)cc1)NC(=O)OC(C)(C)C. The highest BCUT2D eigenvalue weighted by molar-refractivity contribution is 5.89. The topological polar surface area (TPSA) is 64.6 Å². The van der Waals surface area contributed by atoms with E-state index in [1.807, 2.05) is 39.8 Å². The first-order valence-electron chi connectivity index (χ1n) is 7.92. The number of amides is 1. The first-order valence-corrected chi connectivity index (χ1v) is 7.92. The molecule has 0 saturated heterocycles. The highest BCUT2D eigenvalue weighted by Crippen LogP contribution is 2.12. The van der Waals surface area contributed by atoms with Crippen LogP contribution in [-0.4, -0.2) is 30.8 Å². The number of hydrogen-bond donors (Lipinski definition) is 1. The minimum Gasteiger partial charge on any atom is -0.465 e. The number of alkyl carbamates (subject to hydrolysis) is 1. The fourth-order valence-corrected chi connectivity index (χ4v) is 2.12. The second kappa shape index (κ2) is 8.56. The molecule has 128 valence electrons. The molecule has 0 fully saturated rings. The fraction of sp³-hybridized carbons (Fsp3) is 0.556. The molecule has 0 saturated carbocycles. The summed E-state index contributed by atoms with van der Waals surface area (Å²) in [5, 5.41) is 2.90. The molecule has 0 aromatic heterocycles. The van der Waals surface area contributed by atoms with Crippen LogP contribution in [0.1, 0.15) is 56.5 Å². The van der Waals surface area contributed by atoms with Crippen molar-refractivity contribution in [2.24, 2.45) is 0 Å². The van der Waals surface area contributed by atoms with Gasteiger partial charge in [-0.05, 0) is 57.7 Å². The maximum atomic E-state index is 11.8. The van der Waals surface area contributed by atoms with Crippen LogP contribution in [0.5, 0.6) is 0 Å². The molecule has 0 spiro atoms. The number of esters is 1. The molecule has 0 heterocycles. The Bertz CT molecular complexity index is 517. The number of aryl methyl sites for hydroxylation is 1. The van der Waals surface area contributed by atoms with Crippen molar-refractivity contribution in [1.29, 1.82) is 0 Å². The molecule has 1 amide bonds. The zero-order chi connectivity index (χ0) is 17.5. The smallest absolute Gasteiger partial charge is 0.407 e. The highest BCUT2D eigenvalue weighted by Gasteiger charge is 2.18. The molecular formula is C18H27NO4. The molecule has 1 aromatic rings. The van der Waals surface area contributed by atoms with Crippen molar-refractivity contribution < 1.29 is 19.1 Å². The van der Waals surface area contributed by atoms with Gasteiger partial charge in [0.1, 0.15) is 5.60 Å². The van der Waals surface area contributed by atoms with E-state index >= 15 is 0 Å². The molecule has 0 bridgehead atoms. The maximum absolute atomic E-state index is 11.8. The van der Waals surface area contributed by atoms with Gasteiger partial charge in [0.05, 0.1) is 12.7 Å². The molecule has 0 aliphatic heterocycles. The van der Waals surface area contributed by atoms with Crippen molar-refractivity contribution in [3.8, 4) is 0 Å². The highest BCUT2D eigenvalue weighted by atomic mass is 16.6. The summed E-state index contributed by atoms with van der Waals surface area (Å²) in [4.78, 5) is 23.2. The van der Waals surface area contributed by atoms with Gasteiger partial charge in [-0.15, -0.1) is 0 Å². The molecule has 1 N–H and O–H groups in total. The number of nitrogens with one attached hydrogen (secondary N) is 1. The number of ether oxygens (including phenoxy) is 2. The van der Waals surface area contributed by atoms with E-state index in [2.05, 4.69) is 10.1 Å². The van der Waals surface area contributed by atoms with E-state index in [0.717, 1.165) is 24.8 Å². The predicted octanol–water partition coefficient (Wildman–Crippen LogP) is 3.71. The Balaban J connectivity index is 2.51. The van der Waals surface area contributed by atoms with Crippen LogP contribution in [-0.2, 0) is 15.9 Å². The monoisotopic (exact) mass is 321 g/mol. The molecule has 1 unspecified atom stereocenters. The molecule has 0 aliphatic carbocycles. The largest absolute Gasteiger partial charge is 0.465 e. The van der Waals surface area contributed by atoms with Crippen molar-refractivity contribution in [1.82, 2.24) is 5.32 Å². The van der Waals surface area contributed by atoms with Gasteiger partial charge in [0.25, 0.3) is 0 Å². The number of benzene rings is 1. The predicted molar refractivity (Wildman–Crippen MR) is 89.6 cm³/mol. The molecule has 1 aromatic carbocycles. The van der Waals surface area contributed by atoms with E-state index in [1.54, 1.807) is 12.1 Å². The summed E-state index contributed by atoms with van der Waals surface area (Å²) in [5.41, 5.74) is 1.16. The van der Waals surface area contributed by atoms with E-state index in [1.165, 1.54) is 7.11 Å². The Kier molecular flexibility index (Phi) is 7.07. The third-order valence-corrected chi connectivity index (χ3v) is 3.37. The van der Waals surface area contributed by atoms with Gasteiger partial charge in [-0.1, -0.05) is 19.1 Å². The van der Waals surface area contributed by atoms with Crippen LogP contribution in [0.4, 0.5) is 4.79 Å². The van der Waals surface area contributed by atoms with E-state index in [4.69, 9.17) is 4.74 Å². The molecule has 0 aliphatic rings. The lowest BCUT2D eigenvalue weighted by atomic mass is 10.0. The number of carbonyl (C=O) groups excluding carboxylic acids is 2.